The number of hydrogen-bond acceptors (Lipinski definition) is 4. The first kappa shape index (κ1) is 15.9. The lowest BCUT2D eigenvalue weighted by Gasteiger charge is -2.34. The number of likely N-dealkylation sites (tertiary alicyclic amines) is 2. The van der Waals surface area contributed by atoms with Gasteiger partial charge in [-0.1, -0.05) is 0 Å². The number of fused-ring (bicyclic) bond motifs is 2. The third-order valence-electron chi connectivity index (χ3n) is 6.18. The second-order valence-corrected chi connectivity index (χ2v) is 7.55. The number of rotatable bonds is 4. The maximum Gasteiger partial charge on any atom is 0.343 e. The second kappa shape index (κ2) is 6.35. The van der Waals surface area contributed by atoms with E-state index >= 15 is 0 Å². The Hall–Kier alpha value is -1.63. The molecule has 0 radical (unpaired) electrons. The summed E-state index contributed by atoms with van der Waals surface area (Å²) in [7, 11) is 0. The number of aromatic amines is 1. The van der Waals surface area contributed by atoms with E-state index in [0.29, 0.717) is 19.1 Å². The second-order valence-electron chi connectivity index (χ2n) is 7.55. The van der Waals surface area contributed by atoms with Crippen LogP contribution in [0.5, 0.6) is 0 Å². The molecule has 2 aliphatic heterocycles. The van der Waals surface area contributed by atoms with Crippen molar-refractivity contribution in [2.24, 2.45) is 5.92 Å². The van der Waals surface area contributed by atoms with Gasteiger partial charge in [-0.3, -0.25) is 14.3 Å². The Labute approximate surface area is 142 Å². The molecule has 0 unspecified atom stereocenters. The highest BCUT2D eigenvalue weighted by molar-refractivity contribution is 5.78. The van der Waals surface area contributed by atoms with Crippen molar-refractivity contribution in [3.8, 4) is 0 Å². The minimum Gasteiger partial charge on any atom is -0.342 e. The van der Waals surface area contributed by atoms with Crippen molar-refractivity contribution >= 4 is 5.91 Å². The zero-order valence-electron chi connectivity index (χ0n) is 14.4. The zero-order valence-corrected chi connectivity index (χ0v) is 14.4. The Morgan fingerprint density at radius 3 is 2.67 bits per heavy atom. The van der Waals surface area contributed by atoms with E-state index < -0.39 is 0 Å². The van der Waals surface area contributed by atoms with Gasteiger partial charge in [0.2, 0.25) is 5.91 Å². The van der Waals surface area contributed by atoms with Gasteiger partial charge >= 0.3 is 5.69 Å². The lowest BCUT2D eigenvalue weighted by molar-refractivity contribution is -0.133. The van der Waals surface area contributed by atoms with Crippen molar-refractivity contribution < 1.29 is 4.79 Å². The van der Waals surface area contributed by atoms with Gasteiger partial charge in [0.25, 0.3) is 0 Å². The summed E-state index contributed by atoms with van der Waals surface area (Å²) in [6, 6.07) is 0.652. The molecule has 2 atom stereocenters. The van der Waals surface area contributed by atoms with Gasteiger partial charge in [-0.2, -0.15) is 5.10 Å². The van der Waals surface area contributed by atoms with Gasteiger partial charge in [0.1, 0.15) is 5.82 Å². The molecule has 2 bridgehead atoms. The lowest BCUT2D eigenvalue weighted by Crippen LogP contribution is -2.46. The minimum atomic E-state index is -0.130. The molecule has 3 heterocycles. The number of piperidine rings is 2. The quantitative estimate of drug-likeness (QED) is 0.884. The van der Waals surface area contributed by atoms with Crippen LogP contribution in [0, 0.1) is 5.92 Å². The van der Waals surface area contributed by atoms with Crippen LogP contribution in [0.25, 0.3) is 0 Å². The molecule has 132 valence electrons. The van der Waals surface area contributed by atoms with Crippen molar-refractivity contribution in [2.75, 3.05) is 26.2 Å². The fraction of sp³-hybridized carbons (Fsp3) is 0.824. The van der Waals surface area contributed by atoms with Crippen molar-refractivity contribution in [3.05, 3.63) is 16.3 Å². The van der Waals surface area contributed by atoms with Crippen LogP contribution in [0.2, 0.25) is 0 Å². The fourth-order valence-electron chi connectivity index (χ4n) is 4.83. The summed E-state index contributed by atoms with van der Waals surface area (Å²) in [5.41, 5.74) is -0.130. The molecule has 3 fully saturated rings. The van der Waals surface area contributed by atoms with Crippen LogP contribution in [-0.2, 0) is 11.3 Å². The summed E-state index contributed by atoms with van der Waals surface area (Å²) in [6.07, 6.45) is 5.70. The SMILES string of the molecule is CCn1c(C2CCN(C(=O)CN3C[C@H]4CC[C@@H]3C4)CC2)n[nH]c1=O. The Morgan fingerprint density at radius 1 is 1.25 bits per heavy atom. The topological polar surface area (TPSA) is 74.2 Å². The van der Waals surface area contributed by atoms with Crippen LogP contribution in [0.1, 0.15) is 50.8 Å². The highest BCUT2D eigenvalue weighted by Crippen LogP contribution is 2.37. The van der Waals surface area contributed by atoms with Gasteiger partial charge in [0.05, 0.1) is 6.54 Å². The molecule has 24 heavy (non-hydrogen) atoms. The van der Waals surface area contributed by atoms with Crippen LogP contribution in [-0.4, -0.2) is 62.7 Å². The molecule has 3 aliphatic rings. The summed E-state index contributed by atoms with van der Waals surface area (Å²) in [6.45, 7) is 5.85. The summed E-state index contributed by atoms with van der Waals surface area (Å²) in [5, 5.41) is 6.76. The molecule has 7 nitrogen and oxygen atoms in total. The van der Waals surface area contributed by atoms with Crippen LogP contribution >= 0.6 is 0 Å². The maximum absolute atomic E-state index is 12.6. The molecule has 0 spiro atoms. The van der Waals surface area contributed by atoms with E-state index in [1.54, 1.807) is 4.57 Å². The van der Waals surface area contributed by atoms with Gasteiger partial charge < -0.3 is 4.90 Å². The van der Waals surface area contributed by atoms with Crippen molar-refractivity contribution in [3.63, 3.8) is 0 Å². The summed E-state index contributed by atoms with van der Waals surface area (Å²) in [4.78, 5) is 28.7. The number of nitrogens with zero attached hydrogens (tertiary/aromatic N) is 4. The van der Waals surface area contributed by atoms with Gasteiger partial charge in [-0.25, -0.2) is 9.89 Å². The first-order valence-electron chi connectivity index (χ1n) is 9.32. The third-order valence-corrected chi connectivity index (χ3v) is 6.18. The Balaban J connectivity index is 1.32. The van der Waals surface area contributed by atoms with Crippen molar-refractivity contribution in [2.45, 2.75) is 57.5 Å². The van der Waals surface area contributed by atoms with Gasteiger partial charge in [0.15, 0.2) is 0 Å². The molecular weight excluding hydrogens is 306 g/mol. The maximum atomic E-state index is 12.6. The molecule has 7 heteroatoms. The summed E-state index contributed by atoms with van der Waals surface area (Å²) in [5.74, 6) is 2.23. The van der Waals surface area contributed by atoms with Crippen molar-refractivity contribution in [1.29, 1.82) is 0 Å². The highest BCUT2D eigenvalue weighted by atomic mass is 16.2. The molecule has 0 aromatic carbocycles. The summed E-state index contributed by atoms with van der Waals surface area (Å²) < 4.78 is 1.71. The molecule has 1 amide bonds. The predicted molar refractivity (Wildman–Crippen MR) is 89.8 cm³/mol. The van der Waals surface area contributed by atoms with E-state index in [2.05, 4.69) is 15.1 Å². The number of hydrogen-bond donors (Lipinski definition) is 1. The van der Waals surface area contributed by atoms with Crippen LogP contribution in [0.4, 0.5) is 0 Å². The van der Waals surface area contributed by atoms with Gasteiger partial charge in [-0.05, 0) is 44.9 Å². The number of H-pyrrole nitrogens is 1. The highest BCUT2D eigenvalue weighted by Gasteiger charge is 2.39. The first-order chi connectivity index (χ1) is 11.7. The van der Waals surface area contributed by atoms with E-state index in [-0.39, 0.29) is 17.5 Å². The summed E-state index contributed by atoms with van der Waals surface area (Å²) >= 11 is 0. The molecule has 1 aliphatic carbocycles. The Kier molecular flexibility index (Phi) is 4.20. The standard InChI is InChI=1S/C17H27N5O2/c1-2-22-16(18-19-17(22)24)13-5-7-20(8-6-13)15(23)11-21-10-12-3-4-14(21)9-12/h12-14H,2-11H2,1H3,(H,19,24)/t12-,14+/m0/s1. The van der Waals surface area contributed by atoms with Gasteiger partial charge in [-0.15, -0.1) is 0 Å². The largest absolute Gasteiger partial charge is 0.343 e. The average Bonchev–Trinajstić information content (AvgIpc) is 3.30. The van der Waals surface area contributed by atoms with Crippen LogP contribution in [0.3, 0.4) is 0 Å². The van der Waals surface area contributed by atoms with E-state index in [1.165, 1.54) is 19.3 Å². The normalized spacial score (nSPS) is 28.0. The average molecular weight is 333 g/mol. The monoisotopic (exact) mass is 333 g/mol. The molecule has 1 aromatic heterocycles. The smallest absolute Gasteiger partial charge is 0.342 e. The molecule has 1 saturated carbocycles. The number of carbonyl (C=O) groups excluding carboxylic acids is 1. The molecule has 2 saturated heterocycles. The van der Waals surface area contributed by atoms with E-state index in [9.17, 15) is 9.59 Å². The predicted octanol–water partition coefficient (Wildman–Crippen LogP) is 0.782. The fourth-order valence-corrected chi connectivity index (χ4v) is 4.83. The number of amides is 1. The lowest BCUT2D eigenvalue weighted by atomic mass is 9.95. The Bertz CT molecular complexity index is 658. The van der Waals surface area contributed by atoms with E-state index in [0.717, 1.165) is 44.2 Å². The number of carbonyl (C=O) groups is 1. The van der Waals surface area contributed by atoms with Gasteiger partial charge in [0, 0.05) is 38.1 Å². The van der Waals surface area contributed by atoms with Crippen LogP contribution in [0.15, 0.2) is 4.79 Å². The third kappa shape index (κ3) is 2.79. The number of aromatic nitrogens is 3. The van der Waals surface area contributed by atoms with E-state index in [1.807, 2.05) is 11.8 Å². The first-order valence-corrected chi connectivity index (χ1v) is 9.32. The minimum absolute atomic E-state index is 0.130. The molecular formula is C17H27N5O2. The molecule has 1 aromatic rings. The van der Waals surface area contributed by atoms with Crippen LogP contribution < -0.4 is 5.69 Å². The molecule has 4 rings (SSSR count). The Morgan fingerprint density at radius 2 is 2.04 bits per heavy atom. The van der Waals surface area contributed by atoms with Crippen molar-refractivity contribution in [1.82, 2.24) is 24.6 Å². The zero-order chi connectivity index (χ0) is 16.7. The molecule has 1 N–H and O–H groups in total. The van der Waals surface area contributed by atoms with E-state index in [4.69, 9.17) is 0 Å². The number of nitrogens with one attached hydrogen (secondary N) is 1.